The zero-order valence-electron chi connectivity index (χ0n) is 8.11. The minimum absolute atomic E-state index is 1.25. The van der Waals surface area contributed by atoms with Crippen LogP contribution in [-0.2, 0) is 12.8 Å². The number of thiophene rings is 2. The Hall–Kier alpha value is -0.600. The van der Waals surface area contributed by atoms with Gasteiger partial charge in [0.05, 0.1) is 0 Å². The van der Waals surface area contributed by atoms with Gasteiger partial charge in [-0.15, -0.1) is 22.7 Å². The molecule has 2 aromatic rings. The summed E-state index contributed by atoms with van der Waals surface area (Å²) in [5, 5.41) is 4.32. The topological polar surface area (TPSA) is 0 Å². The summed E-state index contributed by atoms with van der Waals surface area (Å²) in [6.07, 6.45) is 5.14. The minimum Gasteiger partial charge on any atom is -0.149 e. The smallest absolute Gasteiger partial charge is 0.00452 e. The van der Waals surface area contributed by atoms with Crippen molar-refractivity contribution in [3.05, 3.63) is 44.8 Å². The fourth-order valence-electron chi connectivity index (χ4n) is 1.51. The van der Waals surface area contributed by atoms with Gasteiger partial charge >= 0.3 is 0 Å². The lowest BCUT2D eigenvalue weighted by molar-refractivity contribution is 0.746. The maximum Gasteiger partial charge on any atom is 0.00452 e. The SMILES string of the molecule is c1csc(CCCCc2cccs2)c1. The fraction of sp³-hybridized carbons (Fsp3) is 0.333. The zero-order chi connectivity index (χ0) is 9.64. The van der Waals surface area contributed by atoms with Gasteiger partial charge in [0.2, 0.25) is 0 Å². The van der Waals surface area contributed by atoms with Gasteiger partial charge in [0.15, 0.2) is 0 Å². The number of hydrogen-bond acceptors (Lipinski definition) is 2. The van der Waals surface area contributed by atoms with Crippen molar-refractivity contribution in [1.29, 1.82) is 0 Å². The van der Waals surface area contributed by atoms with Crippen molar-refractivity contribution >= 4 is 22.7 Å². The molecule has 0 amide bonds. The van der Waals surface area contributed by atoms with Crippen LogP contribution in [0.4, 0.5) is 0 Å². The summed E-state index contributed by atoms with van der Waals surface area (Å²) in [6, 6.07) is 8.74. The number of hydrogen-bond donors (Lipinski definition) is 0. The van der Waals surface area contributed by atoms with Crippen LogP contribution in [0, 0.1) is 0 Å². The molecule has 0 radical (unpaired) electrons. The van der Waals surface area contributed by atoms with E-state index < -0.39 is 0 Å². The molecule has 0 saturated heterocycles. The van der Waals surface area contributed by atoms with Crippen LogP contribution in [0.1, 0.15) is 22.6 Å². The van der Waals surface area contributed by atoms with Crippen LogP contribution >= 0.6 is 22.7 Å². The predicted molar refractivity (Wildman–Crippen MR) is 65.3 cm³/mol. The van der Waals surface area contributed by atoms with E-state index in [0.29, 0.717) is 0 Å². The van der Waals surface area contributed by atoms with Crippen molar-refractivity contribution in [3.63, 3.8) is 0 Å². The molecule has 14 heavy (non-hydrogen) atoms. The van der Waals surface area contributed by atoms with E-state index in [4.69, 9.17) is 0 Å². The molecule has 0 unspecified atom stereocenters. The molecule has 0 aromatic carbocycles. The Morgan fingerprint density at radius 2 is 1.29 bits per heavy atom. The predicted octanol–water partition coefficient (Wildman–Crippen LogP) is 4.38. The van der Waals surface area contributed by atoms with Crippen LogP contribution in [0.25, 0.3) is 0 Å². The first-order valence-electron chi connectivity index (χ1n) is 5.00. The highest BCUT2D eigenvalue weighted by atomic mass is 32.1. The first-order valence-corrected chi connectivity index (χ1v) is 6.76. The summed E-state index contributed by atoms with van der Waals surface area (Å²) >= 11 is 3.75. The molecule has 0 bridgehead atoms. The standard InChI is InChI=1S/C12H14S2/c1(5-11-7-3-9-13-11)2-6-12-8-4-10-14-12/h3-4,7-10H,1-2,5-6H2. The Morgan fingerprint density at radius 1 is 0.786 bits per heavy atom. The Kier molecular flexibility index (Phi) is 3.78. The average Bonchev–Trinajstić information content (AvgIpc) is 2.86. The highest BCUT2D eigenvalue weighted by Crippen LogP contribution is 2.15. The van der Waals surface area contributed by atoms with E-state index in [1.807, 2.05) is 22.7 Å². The molecule has 0 aliphatic rings. The lowest BCUT2D eigenvalue weighted by Crippen LogP contribution is -1.84. The fourth-order valence-corrected chi connectivity index (χ4v) is 3.01. The van der Waals surface area contributed by atoms with Crippen molar-refractivity contribution in [2.24, 2.45) is 0 Å². The van der Waals surface area contributed by atoms with E-state index >= 15 is 0 Å². The summed E-state index contributed by atoms with van der Waals surface area (Å²) in [5.41, 5.74) is 0. The Morgan fingerprint density at radius 3 is 1.64 bits per heavy atom. The third-order valence-corrected chi connectivity index (χ3v) is 4.13. The molecular weight excluding hydrogens is 208 g/mol. The van der Waals surface area contributed by atoms with E-state index in [1.165, 1.54) is 35.4 Å². The third-order valence-electron chi connectivity index (χ3n) is 2.26. The highest BCUT2D eigenvalue weighted by Gasteiger charge is 1.96. The van der Waals surface area contributed by atoms with E-state index in [-0.39, 0.29) is 0 Å². The zero-order valence-corrected chi connectivity index (χ0v) is 9.74. The van der Waals surface area contributed by atoms with Crippen LogP contribution in [0.3, 0.4) is 0 Å². The van der Waals surface area contributed by atoms with Gasteiger partial charge in [0, 0.05) is 9.75 Å². The Labute approximate surface area is 93.2 Å². The molecule has 0 spiro atoms. The highest BCUT2D eigenvalue weighted by molar-refractivity contribution is 7.10. The van der Waals surface area contributed by atoms with Gasteiger partial charge in [-0.05, 0) is 48.6 Å². The second-order valence-electron chi connectivity index (χ2n) is 3.37. The number of rotatable bonds is 5. The van der Waals surface area contributed by atoms with Crippen molar-refractivity contribution in [2.75, 3.05) is 0 Å². The molecule has 2 rings (SSSR count). The summed E-state index contributed by atoms with van der Waals surface area (Å²) in [4.78, 5) is 3.05. The van der Waals surface area contributed by atoms with Crippen LogP contribution in [0.2, 0.25) is 0 Å². The summed E-state index contributed by atoms with van der Waals surface area (Å²) in [6.45, 7) is 0. The molecule has 74 valence electrons. The molecule has 0 nitrogen and oxygen atoms in total. The van der Waals surface area contributed by atoms with Crippen molar-refractivity contribution in [3.8, 4) is 0 Å². The molecule has 0 aliphatic heterocycles. The van der Waals surface area contributed by atoms with Crippen LogP contribution < -0.4 is 0 Å². The van der Waals surface area contributed by atoms with Gasteiger partial charge in [-0.2, -0.15) is 0 Å². The Balaban J connectivity index is 1.65. The quantitative estimate of drug-likeness (QED) is 0.659. The van der Waals surface area contributed by atoms with Crippen molar-refractivity contribution in [2.45, 2.75) is 25.7 Å². The summed E-state index contributed by atoms with van der Waals surface area (Å²) in [7, 11) is 0. The van der Waals surface area contributed by atoms with Gasteiger partial charge < -0.3 is 0 Å². The Bertz CT molecular complexity index is 296. The molecular formula is C12H14S2. The third kappa shape index (κ3) is 2.96. The second-order valence-corrected chi connectivity index (χ2v) is 5.43. The van der Waals surface area contributed by atoms with Gasteiger partial charge in [-0.1, -0.05) is 12.1 Å². The van der Waals surface area contributed by atoms with Crippen LogP contribution in [-0.4, -0.2) is 0 Å². The maximum atomic E-state index is 2.23. The molecule has 2 heterocycles. The van der Waals surface area contributed by atoms with Gasteiger partial charge in [0.1, 0.15) is 0 Å². The van der Waals surface area contributed by atoms with Crippen LogP contribution in [0.5, 0.6) is 0 Å². The van der Waals surface area contributed by atoms with E-state index in [9.17, 15) is 0 Å². The summed E-state index contributed by atoms with van der Waals surface area (Å²) in [5.74, 6) is 0. The van der Waals surface area contributed by atoms with Crippen molar-refractivity contribution < 1.29 is 0 Å². The first-order chi connectivity index (χ1) is 6.95. The number of aryl methyl sites for hydroxylation is 2. The van der Waals surface area contributed by atoms with Crippen LogP contribution in [0.15, 0.2) is 35.0 Å². The van der Waals surface area contributed by atoms with Gasteiger partial charge in [-0.25, -0.2) is 0 Å². The minimum atomic E-state index is 1.25. The lowest BCUT2D eigenvalue weighted by atomic mass is 10.1. The van der Waals surface area contributed by atoms with E-state index in [0.717, 1.165) is 0 Å². The summed E-state index contributed by atoms with van der Waals surface area (Å²) < 4.78 is 0. The second kappa shape index (κ2) is 5.32. The van der Waals surface area contributed by atoms with E-state index in [1.54, 1.807) is 0 Å². The van der Waals surface area contributed by atoms with Gasteiger partial charge in [0.25, 0.3) is 0 Å². The molecule has 0 saturated carbocycles. The van der Waals surface area contributed by atoms with Gasteiger partial charge in [-0.3, -0.25) is 0 Å². The average molecular weight is 222 g/mol. The van der Waals surface area contributed by atoms with Crippen molar-refractivity contribution in [1.82, 2.24) is 0 Å². The molecule has 2 heteroatoms. The van der Waals surface area contributed by atoms with E-state index in [2.05, 4.69) is 35.0 Å². The largest absolute Gasteiger partial charge is 0.149 e. The monoisotopic (exact) mass is 222 g/mol. The molecule has 0 aliphatic carbocycles. The molecule has 0 N–H and O–H groups in total. The normalized spacial score (nSPS) is 10.6. The number of unbranched alkanes of at least 4 members (excludes halogenated alkanes) is 1. The first kappa shape index (κ1) is 9.94. The molecule has 0 fully saturated rings. The lowest BCUT2D eigenvalue weighted by Gasteiger charge is -1.97. The molecule has 2 aromatic heterocycles. The molecule has 0 atom stereocenters. The maximum absolute atomic E-state index is 2.23.